The Morgan fingerprint density at radius 2 is 2.03 bits per heavy atom. The Balaban J connectivity index is 2.61. The lowest BCUT2D eigenvalue weighted by Gasteiger charge is -2.29. The van der Waals surface area contributed by atoms with E-state index in [1.165, 1.54) is 19.2 Å². The molecule has 2 amide bonds. The second-order valence-corrected chi connectivity index (χ2v) is 6.70. The summed E-state index contributed by atoms with van der Waals surface area (Å²) >= 11 is 0. The maximum absolute atomic E-state index is 12.6. The molecule has 0 saturated carbocycles. The maximum atomic E-state index is 12.6. The number of urea groups is 1. The van der Waals surface area contributed by atoms with Crippen molar-refractivity contribution >= 4 is 17.7 Å². The fourth-order valence-electron chi connectivity index (χ4n) is 2.90. The van der Waals surface area contributed by atoms with Gasteiger partial charge >= 0.3 is 17.7 Å². The first-order valence-corrected chi connectivity index (χ1v) is 9.17. The molecule has 1 aromatic rings. The van der Waals surface area contributed by atoms with E-state index in [1.807, 2.05) is 6.92 Å². The van der Waals surface area contributed by atoms with Crippen LogP contribution in [-0.4, -0.2) is 36.7 Å². The third kappa shape index (κ3) is 4.95. The summed E-state index contributed by atoms with van der Waals surface area (Å²) in [6.45, 7) is 7.10. The lowest BCUT2D eigenvalue weighted by Crippen LogP contribution is -2.45. The van der Waals surface area contributed by atoms with Gasteiger partial charge in [-0.1, -0.05) is 6.92 Å². The molecule has 0 aromatic heterocycles. The van der Waals surface area contributed by atoms with Crippen LogP contribution in [0.4, 0.5) is 10.5 Å². The first-order valence-electron chi connectivity index (χ1n) is 9.17. The molecule has 10 nitrogen and oxygen atoms in total. The normalized spacial score (nSPS) is 16.2. The van der Waals surface area contributed by atoms with Crippen molar-refractivity contribution in [2.45, 2.75) is 46.3 Å². The molecule has 0 fully saturated rings. The van der Waals surface area contributed by atoms with Gasteiger partial charge < -0.3 is 24.8 Å². The Labute approximate surface area is 168 Å². The van der Waals surface area contributed by atoms with Crippen LogP contribution in [0.25, 0.3) is 0 Å². The number of nitro benzene ring substituents is 1. The van der Waals surface area contributed by atoms with Crippen molar-refractivity contribution in [2.75, 3.05) is 13.7 Å². The number of nitrogens with zero attached hydrogens (tertiary/aromatic N) is 1. The van der Waals surface area contributed by atoms with E-state index in [0.29, 0.717) is 17.7 Å². The molecule has 2 N–H and O–H groups in total. The number of nitro groups is 1. The lowest BCUT2D eigenvalue weighted by molar-refractivity contribution is -0.386. The number of amides is 2. The van der Waals surface area contributed by atoms with Crippen molar-refractivity contribution in [1.29, 1.82) is 0 Å². The number of hydrogen-bond acceptors (Lipinski definition) is 7. The number of allylic oxidation sites excluding steroid dienone is 1. The number of hydrogen-bond donors (Lipinski definition) is 2. The molecule has 0 aliphatic carbocycles. The van der Waals surface area contributed by atoms with Crippen molar-refractivity contribution in [3.05, 3.63) is 39.1 Å². The number of esters is 1. The molecule has 1 aliphatic rings. The SMILES string of the molecule is CCCOc1c(OC)cc(C2NC(=O)NC(C)=C2C(=O)OC(C)C)cc1[N+](=O)[O-]. The number of carbonyl (C=O) groups excluding carboxylic acids is 2. The summed E-state index contributed by atoms with van der Waals surface area (Å²) in [5.74, 6) is -0.511. The van der Waals surface area contributed by atoms with E-state index in [0.717, 1.165) is 0 Å². The zero-order chi connectivity index (χ0) is 21.7. The number of methoxy groups -OCH3 is 1. The molecule has 1 aliphatic heterocycles. The molecular weight excluding hydrogens is 382 g/mol. The summed E-state index contributed by atoms with van der Waals surface area (Å²) in [5, 5.41) is 16.8. The standard InChI is InChI=1S/C19H25N3O7/c1-6-7-28-17-13(22(25)26)8-12(9-14(17)27-5)16-15(18(23)29-10(2)3)11(4)20-19(24)21-16/h8-10,16H,6-7H2,1-5H3,(H2,20,21,24). The minimum absolute atomic E-state index is 0.00429. The summed E-state index contributed by atoms with van der Waals surface area (Å²) in [5.41, 5.74) is 0.423. The van der Waals surface area contributed by atoms with Crippen molar-refractivity contribution in [1.82, 2.24) is 10.6 Å². The molecule has 1 unspecified atom stereocenters. The number of rotatable bonds is 8. The molecule has 0 radical (unpaired) electrons. The van der Waals surface area contributed by atoms with Gasteiger partial charge in [0.25, 0.3) is 0 Å². The summed E-state index contributed by atoms with van der Waals surface area (Å²) in [6, 6.07) is 1.27. The van der Waals surface area contributed by atoms with Crippen molar-refractivity contribution < 1.29 is 28.7 Å². The predicted molar refractivity (Wildman–Crippen MR) is 104 cm³/mol. The minimum Gasteiger partial charge on any atom is -0.493 e. The van der Waals surface area contributed by atoms with Crippen LogP contribution in [0.2, 0.25) is 0 Å². The molecule has 1 aromatic carbocycles. The van der Waals surface area contributed by atoms with Gasteiger partial charge in [0.15, 0.2) is 5.75 Å². The van der Waals surface area contributed by atoms with Crippen LogP contribution in [0.5, 0.6) is 11.5 Å². The number of benzene rings is 1. The number of nitrogens with one attached hydrogen (secondary N) is 2. The van der Waals surface area contributed by atoms with Crippen molar-refractivity contribution in [3.63, 3.8) is 0 Å². The quantitative estimate of drug-likeness (QED) is 0.385. The fraction of sp³-hybridized carbons (Fsp3) is 0.474. The highest BCUT2D eigenvalue weighted by Gasteiger charge is 2.35. The van der Waals surface area contributed by atoms with E-state index < -0.39 is 23.0 Å². The Morgan fingerprint density at radius 1 is 1.34 bits per heavy atom. The molecule has 158 valence electrons. The lowest BCUT2D eigenvalue weighted by atomic mass is 9.94. The molecule has 2 rings (SSSR count). The highest BCUT2D eigenvalue weighted by Crippen LogP contribution is 2.41. The molecule has 1 atom stereocenters. The van der Waals surface area contributed by atoms with Crippen LogP contribution >= 0.6 is 0 Å². The van der Waals surface area contributed by atoms with Gasteiger partial charge in [-0.15, -0.1) is 0 Å². The van der Waals surface area contributed by atoms with Gasteiger partial charge in [-0.05, 0) is 38.8 Å². The van der Waals surface area contributed by atoms with Gasteiger partial charge in [0, 0.05) is 11.8 Å². The van der Waals surface area contributed by atoms with E-state index in [1.54, 1.807) is 20.8 Å². The largest absolute Gasteiger partial charge is 0.493 e. The van der Waals surface area contributed by atoms with Gasteiger partial charge in [0.05, 0.1) is 36.4 Å². The maximum Gasteiger partial charge on any atom is 0.338 e. The van der Waals surface area contributed by atoms with Crippen LogP contribution in [0.15, 0.2) is 23.4 Å². The first-order chi connectivity index (χ1) is 13.7. The molecular formula is C19H25N3O7. The van der Waals surface area contributed by atoms with Gasteiger partial charge in [0.1, 0.15) is 0 Å². The van der Waals surface area contributed by atoms with Gasteiger partial charge in [0.2, 0.25) is 5.75 Å². The number of ether oxygens (including phenoxy) is 3. The van der Waals surface area contributed by atoms with E-state index in [4.69, 9.17) is 14.2 Å². The first kappa shape index (κ1) is 22.0. The smallest absolute Gasteiger partial charge is 0.338 e. The number of carbonyl (C=O) groups is 2. The van der Waals surface area contributed by atoms with E-state index in [2.05, 4.69) is 10.6 Å². The van der Waals surface area contributed by atoms with Gasteiger partial charge in [-0.2, -0.15) is 0 Å². The Morgan fingerprint density at radius 3 is 2.59 bits per heavy atom. The molecule has 0 spiro atoms. The second-order valence-electron chi connectivity index (χ2n) is 6.70. The van der Waals surface area contributed by atoms with Crippen LogP contribution in [0, 0.1) is 10.1 Å². The molecule has 29 heavy (non-hydrogen) atoms. The fourth-order valence-corrected chi connectivity index (χ4v) is 2.90. The summed E-state index contributed by atoms with van der Waals surface area (Å²) < 4.78 is 16.1. The van der Waals surface area contributed by atoms with Crippen LogP contribution in [-0.2, 0) is 9.53 Å². The zero-order valence-electron chi connectivity index (χ0n) is 17.0. The van der Waals surface area contributed by atoms with Crippen LogP contribution in [0.3, 0.4) is 0 Å². The monoisotopic (exact) mass is 407 g/mol. The topological polar surface area (TPSA) is 129 Å². The minimum atomic E-state index is -0.956. The highest BCUT2D eigenvalue weighted by molar-refractivity contribution is 5.95. The molecule has 10 heteroatoms. The van der Waals surface area contributed by atoms with Crippen LogP contribution < -0.4 is 20.1 Å². The average Bonchev–Trinajstić information content (AvgIpc) is 2.64. The summed E-state index contributed by atoms with van der Waals surface area (Å²) in [7, 11) is 1.36. The second kappa shape index (κ2) is 9.26. The molecule has 1 heterocycles. The van der Waals surface area contributed by atoms with E-state index in [-0.39, 0.29) is 35.5 Å². The van der Waals surface area contributed by atoms with Crippen LogP contribution in [0.1, 0.15) is 45.7 Å². The Hall–Kier alpha value is -3.30. The van der Waals surface area contributed by atoms with Crippen molar-refractivity contribution in [2.24, 2.45) is 0 Å². The molecule has 0 saturated heterocycles. The van der Waals surface area contributed by atoms with E-state index in [9.17, 15) is 19.7 Å². The summed E-state index contributed by atoms with van der Waals surface area (Å²) in [6.07, 6.45) is 0.272. The average molecular weight is 407 g/mol. The Bertz CT molecular complexity index is 848. The zero-order valence-corrected chi connectivity index (χ0v) is 17.0. The predicted octanol–water partition coefficient (Wildman–Crippen LogP) is 2.97. The summed E-state index contributed by atoms with van der Waals surface area (Å²) in [4.78, 5) is 35.7. The third-order valence-electron chi connectivity index (χ3n) is 4.09. The van der Waals surface area contributed by atoms with E-state index >= 15 is 0 Å². The van der Waals surface area contributed by atoms with Crippen molar-refractivity contribution in [3.8, 4) is 11.5 Å². The van der Waals surface area contributed by atoms with Gasteiger partial charge in [-0.25, -0.2) is 9.59 Å². The highest BCUT2D eigenvalue weighted by atomic mass is 16.6. The third-order valence-corrected chi connectivity index (χ3v) is 4.09. The molecule has 0 bridgehead atoms. The van der Waals surface area contributed by atoms with Gasteiger partial charge in [-0.3, -0.25) is 10.1 Å². The Kier molecular flexibility index (Phi) is 7.03.